The Hall–Kier alpha value is -4.50. The van der Waals surface area contributed by atoms with E-state index < -0.39 is 11.6 Å². The molecule has 1 aliphatic heterocycles. The first kappa shape index (κ1) is 24.8. The largest absolute Gasteiger partial charge is 0.488 e. The van der Waals surface area contributed by atoms with Gasteiger partial charge < -0.3 is 14.4 Å². The van der Waals surface area contributed by atoms with Gasteiger partial charge in [0.2, 0.25) is 0 Å². The lowest BCUT2D eigenvalue weighted by atomic mass is 9.89. The topological polar surface area (TPSA) is 106 Å². The predicted octanol–water partition coefficient (Wildman–Crippen LogP) is 5.22. The minimum atomic E-state index is -0.649. The van der Waals surface area contributed by atoms with Crippen molar-refractivity contribution in [3.05, 3.63) is 110 Å². The molecule has 2 N–H and O–H groups in total. The number of fused-ring (bicyclic) bond motifs is 3. The Balaban J connectivity index is 1.48. The number of hydrogen-bond donors (Lipinski definition) is 2. The molecule has 0 fully saturated rings. The maximum absolute atomic E-state index is 14.2. The summed E-state index contributed by atoms with van der Waals surface area (Å²) in [6.07, 6.45) is 1.76. The molecule has 0 atom stereocenters. The molecule has 198 valence electrons. The molecule has 0 bridgehead atoms. The van der Waals surface area contributed by atoms with Gasteiger partial charge >= 0.3 is 5.76 Å². The molecule has 39 heavy (non-hydrogen) atoms. The van der Waals surface area contributed by atoms with Crippen LogP contribution in [0.1, 0.15) is 59.7 Å². The van der Waals surface area contributed by atoms with Crippen molar-refractivity contribution in [3.63, 3.8) is 0 Å². The molecule has 0 aliphatic carbocycles. The molecule has 0 saturated heterocycles. The number of halogens is 1. The van der Waals surface area contributed by atoms with Crippen LogP contribution in [0.25, 0.3) is 22.2 Å². The van der Waals surface area contributed by atoms with E-state index in [1.807, 2.05) is 31.2 Å². The second kappa shape index (κ2) is 9.99. The number of rotatable bonds is 6. The Kier molecular flexibility index (Phi) is 6.36. The molecule has 6 rings (SSSR count). The first-order chi connectivity index (χ1) is 19.0. The van der Waals surface area contributed by atoms with Crippen molar-refractivity contribution in [1.82, 2.24) is 19.7 Å². The maximum atomic E-state index is 14.2. The van der Waals surface area contributed by atoms with Gasteiger partial charge in [-0.05, 0) is 59.9 Å². The lowest BCUT2D eigenvalue weighted by Crippen LogP contribution is -2.07. The molecule has 3 aromatic carbocycles. The number of aliphatic hydroxyl groups is 1. The summed E-state index contributed by atoms with van der Waals surface area (Å²) >= 11 is 0. The predicted molar refractivity (Wildman–Crippen MR) is 145 cm³/mol. The van der Waals surface area contributed by atoms with Crippen LogP contribution in [0.2, 0.25) is 0 Å². The summed E-state index contributed by atoms with van der Waals surface area (Å²) in [4.78, 5) is 19.2. The van der Waals surface area contributed by atoms with E-state index >= 15 is 0 Å². The smallest absolute Gasteiger partial charge is 0.439 e. The van der Waals surface area contributed by atoms with Crippen molar-refractivity contribution < 1.29 is 18.8 Å². The zero-order valence-corrected chi connectivity index (χ0v) is 21.6. The number of ether oxygens (including phenoxy) is 1. The number of allylic oxidation sites excluding steroid dienone is 1. The lowest BCUT2D eigenvalue weighted by molar-refractivity contribution is 0.283. The molecule has 0 amide bonds. The average molecular weight is 527 g/mol. The molecule has 8 nitrogen and oxygen atoms in total. The van der Waals surface area contributed by atoms with Crippen molar-refractivity contribution in [2.45, 2.75) is 46.4 Å². The number of nitrogens with zero attached hydrogens (tertiary/aromatic N) is 3. The number of aromatic amines is 1. The van der Waals surface area contributed by atoms with Gasteiger partial charge in [-0.2, -0.15) is 0 Å². The van der Waals surface area contributed by atoms with E-state index in [1.165, 1.54) is 12.1 Å². The highest BCUT2D eigenvalue weighted by molar-refractivity contribution is 5.99. The number of nitrogens with one attached hydrogen (secondary N) is 1. The first-order valence-corrected chi connectivity index (χ1v) is 12.9. The summed E-state index contributed by atoms with van der Waals surface area (Å²) in [6, 6.07) is 16.5. The van der Waals surface area contributed by atoms with Gasteiger partial charge in [-0.1, -0.05) is 36.3 Å². The second-order valence-electron chi connectivity index (χ2n) is 9.67. The number of benzene rings is 3. The molecule has 0 radical (unpaired) electrons. The number of H-pyrrole nitrogens is 1. The highest BCUT2D eigenvalue weighted by Crippen LogP contribution is 2.41. The molecule has 1 aliphatic rings. The van der Waals surface area contributed by atoms with E-state index in [0.29, 0.717) is 29.3 Å². The van der Waals surface area contributed by atoms with E-state index in [2.05, 4.69) is 33.8 Å². The average Bonchev–Trinajstić information content (AvgIpc) is 3.48. The van der Waals surface area contributed by atoms with Gasteiger partial charge in [0, 0.05) is 35.7 Å². The van der Waals surface area contributed by atoms with Crippen molar-refractivity contribution >= 4 is 22.2 Å². The SMILES string of the molecule is CCCc1nc2c(CO)cccc2n1Cc1ccc2c(c1)COc1cc(F)ccc1/C2=C(/C)c1noc(=O)[nH]1. The second-order valence-corrected chi connectivity index (χ2v) is 9.67. The van der Waals surface area contributed by atoms with Crippen molar-refractivity contribution in [2.75, 3.05) is 0 Å². The van der Waals surface area contributed by atoms with Gasteiger partial charge in [0.1, 0.15) is 24.0 Å². The molecule has 5 aromatic rings. The van der Waals surface area contributed by atoms with E-state index in [4.69, 9.17) is 14.2 Å². The van der Waals surface area contributed by atoms with Crippen LogP contribution in [-0.2, 0) is 26.2 Å². The van der Waals surface area contributed by atoms with Gasteiger partial charge in [0.25, 0.3) is 0 Å². The van der Waals surface area contributed by atoms with Gasteiger partial charge in [-0.3, -0.25) is 9.51 Å². The van der Waals surface area contributed by atoms with Crippen LogP contribution >= 0.6 is 0 Å². The monoisotopic (exact) mass is 526 g/mol. The summed E-state index contributed by atoms with van der Waals surface area (Å²) in [5.41, 5.74) is 7.63. The molecular formula is C30H27FN4O4. The molecule has 9 heteroatoms. The van der Waals surface area contributed by atoms with Gasteiger partial charge in [-0.25, -0.2) is 14.2 Å². The Morgan fingerprint density at radius 2 is 2.00 bits per heavy atom. The van der Waals surface area contributed by atoms with Crippen LogP contribution in [0.4, 0.5) is 4.39 Å². The van der Waals surface area contributed by atoms with Gasteiger partial charge in [-0.15, -0.1) is 0 Å². The van der Waals surface area contributed by atoms with Crippen LogP contribution in [0.15, 0.2) is 63.9 Å². The number of aliphatic hydroxyl groups excluding tert-OH is 1. The molecule has 0 spiro atoms. The Labute approximate surface area is 223 Å². The number of hydrogen-bond acceptors (Lipinski definition) is 6. The molecule has 0 saturated carbocycles. The third-order valence-electron chi connectivity index (χ3n) is 7.13. The standard InChI is InChI=1S/C30H27FN4O4/c1-3-5-26-32-28-19(15-36)6-4-7-24(28)35(26)14-18-8-10-22-20(12-18)16-38-25-13-21(31)9-11-23(25)27(22)17(2)29-33-30(37)39-34-29/h4,6-13,36H,3,5,14-16H2,1-2H3,(H,33,34,37)/b27-17-. The van der Waals surface area contributed by atoms with Crippen LogP contribution in [0.3, 0.4) is 0 Å². The van der Waals surface area contributed by atoms with Gasteiger partial charge in [0.05, 0.1) is 17.6 Å². The fourth-order valence-corrected chi connectivity index (χ4v) is 5.30. The number of imidazole rings is 1. The third-order valence-corrected chi connectivity index (χ3v) is 7.13. The fraction of sp³-hybridized carbons (Fsp3) is 0.233. The zero-order valence-electron chi connectivity index (χ0n) is 21.6. The zero-order chi connectivity index (χ0) is 27.1. The number of aryl methyl sites for hydroxylation is 1. The van der Waals surface area contributed by atoms with Gasteiger partial charge in [0.15, 0.2) is 5.82 Å². The first-order valence-electron chi connectivity index (χ1n) is 12.9. The van der Waals surface area contributed by atoms with E-state index in [9.17, 15) is 14.3 Å². The highest BCUT2D eigenvalue weighted by Gasteiger charge is 2.24. The molecule has 0 unspecified atom stereocenters. The summed E-state index contributed by atoms with van der Waals surface area (Å²) in [5.74, 6) is 0.634. The quantitative estimate of drug-likeness (QED) is 0.314. The van der Waals surface area contributed by atoms with Crippen LogP contribution in [0.5, 0.6) is 5.75 Å². The summed E-state index contributed by atoms with van der Waals surface area (Å²) in [7, 11) is 0. The Morgan fingerprint density at radius 3 is 2.77 bits per heavy atom. The molecular weight excluding hydrogens is 499 g/mol. The van der Waals surface area contributed by atoms with E-state index in [-0.39, 0.29) is 13.2 Å². The minimum absolute atomic E-state index is 0.0670. The number of para-hydroxylation sites is 1. The van der Waals surface area contributed by atoms with Crippen LogP contribution in [-0.4, -0.2) is 24.8 Å². The normalized spacial score (nSPS) is 14.1. The van der Waals surface area contributed by atoms with Crippen molar-refractivity contribution in [1.29, 1.82) is 0 Å². The summed E-state index contributed by atoms with van der Waals surface area (Å²) in [6.45, 7) is 4.72. The minimum Gasteiger partial charge on any atom is -0.488 e. The summed E-state index contributed by atoms with van der Waals surface area (Å²) in [5, 5.41) is 13.7. The summed E-state index contributed by atoms with van der Waals surface area (Å²) < 4.78 is 27.2. The third kappa shape index (κ3) is 4.44. The fourth-order valence-electron chi connectivity index (χ4n) is 5.30. The van der Waals surface area contributed by atoms with E-state index in [0.717, 1.165) is 57.5 Å². The Morgan fingerprint density at radius 1 is 1.15 bits per heavy atom. The van der Waals surface area contributed by atoms with Crippen molar-refractivity contribution in [3.8, 4) is 5.75 Å². The molecule has 3 heterocycles. The maximum Gasteiger partial charge on any atom is 0.439 e. The number of aromatic nitrogens is 4. The Bertz CT molecular complexity index is 1800. The van der Waals surface area contributed by atoms with Crippen molar-refractivity contribution in [2.24, 2.45) is 0 Å². The highest BCUT2D eigenvalue weighted by atomic mass is 19.1. The molecule has 2 aromatic heterocycles. The lowest BCUT2D eigenvalue weighted by Gasteiger charge is -2.15. The van der Waals surface area contributed by atoms with Crippen LogP contribution < -0.4 is 10.5 Å². The van der Waals surface area contributed by atoms with Crippen LogP contribution in [0, 0.1) is 5.82 Å². The van der Waals surface area contributed by atoms with E-state index in [1.54, 1.807) is 6.07 Å².